The highest BCUT2D eigenvalue weighted by Gasteiger charge is 2.45. The lowest BCUT2D eigenvalue weighted by Crippen LogP contribution is -2.34. The van der Waals surface area contributed by atoms with E-state index in [1.807, 2.05) is 13.1 Å². The molecule has 4 amide bonds. The Hall–Kier alpha value is -6.38. The number of aromatic amines is 3. The summed E-state index contributed by atoms with van der Waals surface area (Å²) in [7, 11) is 2.78. The summed E-state index contributed by atoms with van der Waals surface area (Å²) in [4.78, 5) is 67.4. The monoisotopic (exact) mass is 705 g/mol. The third-order valence-electron chi connectivity index (χ3n) is 11.2. The number of phenolic OH excluding ortho intramolecular Hbond substituents is 2. The van der Waals surface area contributed by atoms with Crippen molar-refractivity contribution in [2.45, 2.75) is 32.6 Å². The van der Waals surface area contributed by atoms with Gasteiger partial charge in [0.25, 0.3) is 11.8 Å². The van der Waals surface area contributed by atoms with Crippen LogP contribution in [0.2, 0.25) is 0 Å². The lowest BCUT2D eigenvalue weighted by atomic mass is 9.82. The summed E-state index contributed by atoms with van der Waals surface area (Å²) in [6, 6.07) is 2.65. The van der Waals surface area contributed by atoms with Crippen molar-refractivity contribution in [2.24, 2.45) is 11.7 Å². The Kier molecular flexibility index (Phi) is 6.57. The van der Waals surface area contributed by atoms with E-state index < -0.39 is 11.9 Å². The molecule has 5 aromatic rings. The zero-order chi connectivity index (χ0) is 36.5. The number of fused-ring (bicyclic) bond motifs is 9. The number of hydrogen-bond acceptors (Lipinski definition) is 8. The Balaban J connectivity index is 1.10. The van der Waals surface area contributed by atoms with Crippen molar-refractivity contribution in [1.29, 1.82) is 0 Å². The van der Waals surface area contributed by atoms with Crippen molar-refractivity contribution in [3.8, 4) is 23.0 Å². The molecule has 0 radical (unpaired) electrons. The van der Waals surface area contributed by atoms with Gasteiger partial charge in [-0.2, -0.15) is 0 Å². The largest absolute Gasteiger partial charge is 0.503 e. The molecular formula is C37H35N7O8. The molecule has 7 N–H and O–H groups in total. The molecule has 1 unspecified atom stereocenters. The molecule has 3 aliphatic heterocycles. The van der Waals surface area contributed by atoms with Crippen molar-refractivity contribution in [1.82, 2.24) is 19.9 Å². The molecule has 1 saturated heterocycles. The number of urea groups is 1. The molecule has 15 nitrogen and oxygen atoms in total. The summed E-state index contributed by atoms with van der Waals surface area (Å²) < 4.78 is 11.2. The molecule has 2 atom stereocenters. The number of hydrogen-bond donors (Lipinski definition) is 6. The Morgan fingerprint density at radius 1 is 0.865 bits per heavy atom. The highest BCUT2D eigenvalue weighted by molar-refractivity contribution is 6.15. The van der Waals surface area contributed by atoms with Crippen LogP contribution in [-0.2, 0) is 12.8 Å². The van der Waals surface area contributed by atoms with E-state index >= 15 is 0 Å². The summed E-state index contributed by atoms with van der Waals surface area (Å²) in [5.74, 6) is -1.36. The van der Waals surface area contributed by atoms with Crippen LogP contribution in [0.3, 0.4) is 0 Å². The summed E-state index contributed by atoms with van der Waals surface area (Å²) in [6.45, 7) is 4.93. The molecule has 0 saturated carbocycles. The number of phenols is 2. The third-order valence-corrected chi connectivity index (χ3v) is 11.2. The maximum atomic E-state index is 14.2. The number of ketones is 1. The van der Waals surface area contributed by atoms with Gasteiger partial charge >= 0.3 is 6.03 Å². The molecule has 52 heavy (non-hydrogen) atoms. The van der Waals surface area contributed by atoms with Gasteiger partial charge in [-0.1, -0.05) is 6.92 Å². The quantitative estimate of drug-likeness (QED) is 0.158. The van der Waals surface area contributed by atoms with Gasteiger partial charge in [-0.05, 0) is 60.1 Å². The minimum Gasteiger partial charge on any atom is -0.503 e. The van der Waals surface area contributed by atoms with E-state index in [0.717, 1.165) is 11.1 Å². The van der Waals surface area contributed by atoms with Crippen LogP contribution in [-0.4, -0.2) is 87.5 Å². The van der Waals surface area contributed by atoms with Crippen molar-refractivity contribution in [3.05, 3.63) is 69.4 Å². The Morgan fingerprint density at radius 3 is 1.96 bits per heavy atom. The topological polar surface area (TPSA) is 210 Å². The summed E-state index contributed by atoms with van der Waals surface area (Å²) in [6.07, 6.45) is 4.16. The van der Waals surface area contributed by atoms with E-state index in [0.29, 0.717) is 63.7 Å². The molecule has 2 aromatic carbocycles. The Morgan fingerprint density at radius 2 is 1.40 bits per heavy atom. The molecule has 4 aliphatic rings. The van der Waals surface area contributed by atoms with Gasteiger partial charge in [0.1, 0.15) is 11.4 Å². The summed E-state index contributed by atoms with van der Waals surface area (Å²) in [5, 5.41) is 23.9. The third kappa shape index (κ3) is 4.01. The molecule has 15 heteroatoms. The highest BCUT2D eigenvalue weighted by Crippen LogP contribution is 2.52. The number of aromatic hydroxyl groups is 2. The number of carbonyl (C=O) groups is 4. The average Bonchev–Trinajstić information content (AvgIpc) is 3.96. The van der Waals surface area contributed by atoms with E-state index in [-0.39, 0.29) is 82.4 Å². The van der Waals surface area contributed by atoms with Gasteiger partial charge in [-0.15, -0.1) is 0 Å². The van der Waals surface area contributed by atoms with Crippen LogP contribution in [0.5, 0.6) is 23.0 Å². The smallest absolute Gasteiger partial charge is 0.319 e. The number of H-pyrrole nitrogens is 3. The molecule has 9 rings (SSSR count). The van der Waals surface area contributed by atoms with Gasteiger partial charge in [0.15, 0.2) is 23.0 Å². The number of methoxy groups -OCH3 is 2. The van der Waals surface area contributed by atoms with Gasteiger partial charge in [0, 0.05) is 54.3 Å². The number of nitrogens with two attached hydrogens (primary N) is 1. The van der Waals surface area contributed by atoms with Crippen LogP contribution in [0.25, 0.3) is 21.8 Å². The van der Waals surface area contributed by atoms with E-state index in [4.69, 9.17) is 15.2 Å². The van der Waals surface area contributed by atoms with Crippen molar-refractivity contribution in [2.75, 3.05) is 43.7 Å². The van der Waals surface area contributed by atoms with Gasteiger partial charge in [-0.25, -0.2) is 4.79 Å². The summed E-state index contributed by atoms with van der Waals surface area (Å²) >= 11 is 0. The van der Waals surface area contributed by atoms with Crippen molar-refractivity contribution < 1.29 is 38.9 Å². The van der Waals surface area contributed by atoms with Crippen LogP contribution in [0.4, 0.5) is 16.2 Å². The molecule has 1 fully saturated rings. The number of nitrogens with one attached hydrogen (secondary N) is 3. The summed E-state index contributed by atoms with van der Waals surface area (Å²) in [5.41, 5.74) is 11.7. The highest BCUT2D eigenvalue weighted by atomic mass is 16.5. The minimum absolute atomic E-state index is 0.0641. The van der Waals surface area contributed by atoms with Gasteiger partial charge in [0.05, 0.1) is 42.3 Å². The first kappa shape index (κ1) is 31.6. The Bertz CT molecular complexity index is 2500. The van der Waals surface area contributed by atoms with Gasteiger partial charge in [-0.3, -0.25) is 19.3 Å². The molecule has 0 bridgehead atoms. The lowest BCUT2D eigenvalue weighted by Gasteiger charge is -2.24. The van der Waals surface area contributed by atoms with Gasteiger partial charge < -0.3 is 50.2 Å². The molecular weight excluding hydrogens is 670 g/mol. The molecule has 266 valence electrons. The SMILES string of the molecule is COc1c(O)c2c(c3cc(C(=O)N4CCc5c4c(O)c(OC)c4[nH]c(C(=O)N6C[C@@H](C)C7C6=CC(=O)c6[nH]cc(C)c67)cc54)[nH]c13)CCN2C(N)=O. The maximum Gasteiger partial charge on any atom is 0.319 e. The fourth-order valence-corrected chi connectivity index (χ4v) is 8.94. The molecule has 0 spiro atoms. The number of rotatable bonds is 4. The second kappa shape index (κ2) is 10.8. The fourth-order valence-electron chi connectivity index (χ4n) is 8.94. The number of primary amides is 1. The second-order valence-corrected chi connectivity index (χ2v) is 13.9. The first-order valence-corrected chi connectivity index (χ1v) is 17.0. The van der Waals surface area contributed by atoms with E-state index in [9.17, 15) is 29.4 Å². The number of aryl methyl sites for hydroxylation is 1. The van der Waals surface area contributed by atoms with Crippen LogP contribution < -0.4 is 25.0 Å². The average molecular weight is 706 g/mol. The standard InChI is InChI=1S/C37H35N7O8/c1-14-12-39-28-23(45)11-22-24(25(14)28)15(2)13-44(22)36(49)21-10-18-16-5-7-42(29(16)31(46)33(51-3)26(18)41-21)35(48)20-9-19-17-6-8-43(37(38)50)30(17)32(47)34(52-4)27(19)40-20/h9-12,15,24,39-41,46-47H,5-8,13H2,1-4H3,(H2,38,50)/t15-,24?/m1/s1. The number of benzene rings is 2. The zero-order valence-corrected chi connectivity index (χ0v) is 28.8. The normalized spacial score (nSPS) is 18.9. The Labute approximate surface area is 295 Å². The van der Waals surface area contributed by atoms with E-state index in [2.05, 4.69) is 21.9 Å². The first-order chi connectivity index (χ1) is 24.9. The predicted molar refractivity (Wildman–Crippen MR) is 190 cm³/mol. The minimum atomic E-state index is -0.716. The van der Waals surface area contributed by atoms with Gasteiger partial charge in [0.2, 0.25) is 5.78 Å². The first-order valence-electron chi connectivity index (χ1n) is 17.0. The van der Waals surface area contributed by atoms with Crippen LogP contribution in [0.15, 0.2) is 30.1 Å². The predicted octanol–water partition coefficient (Wildman–Crippen LogP) is 4.31. The molecule has 6 heterocycles. The van der Waals surface area contributed by atoms with E-state index in [1.165, 1.54) is 24.0 Å². The second-order valence-electron chi connectivity index (χ2n) is 13.9. The number of allylic oxidation sites excluding steroid dienone is 2. The number of anilines is 2. The van der Waals surface area contributed by atoms with Crippen molar-refractivity contribution >= 4 is 56.8 Å². The zero-order valence-electron chi connectivity index (χ0n) is 28.8. The van der Waals surface area contributed by atoms with Crippen LogP contribution in [0, 0.1) is 12.8 Å². The molecule has 3 aromatic heterocycles. The number of amides is 4. The van der Waals surface area contributed by atoms with Crippen molar-refractivity contribution in [3.63, 3.8) is 0 Å². The number of aromatic nitrogens is 3. The number of ether oxygens (including phenoxy) is 2. The van der Waals surface area contributed by atoms with Crippen LogP contribution >= 0.6 is 0 Å². The van der Waals surface area contributed by atoms with Crippen LogP contribution in [0.1, 0.15) is 66.6 Å². The molecule has 1 aliphatic carbocycles. The van der Waals surface area contributed by atoms with E-state index in [1.54, 1.807) is 23.1 Å². The number of nitrogens with zero attached hydrogens (tertiary/aromatic N) is 3. The lowest BCUT2D eigenvalue weighted by molar-refractivity contribution is 0.0813. The maximum absolute atomic E-state index is 14.2. The fraction of sp³-hybridized carbons (Fsp3) is 0.297. The number of carbonyl (C=O) groups excluding carboxylic acids is 4. The number of likely N-dealkylation sites (tertiary alicyclic amines) is 1.